The van der Waals surface area contributed by atoms with E-state index in [0.29, 0.717) is 11.3 Å². The molecule has 3 rings (SSSR count). The normalized spacial score (nSPS) is 19.1. The Kier molecular flexibility index (Phi) is 3.98. The minimum absolute atomic E-state index is 0.268. The Morgan fingerprint density at radius 2 is 1.88 bits per heavy atom. The Morgan fingerprint density at radius 1 is 1.17 bits per heavy atom. The van der Waals surface area contributed by atoms with Crippen molar-refractivity contribution in [3.05, 3.63) is 63.2 Å². The van der Waals surface area contributed by atoms with Crippen LogP contribution in [0.4, 0.5) is 5.69 Å². The number of hydrogen-bond acceptors (Lipinski definition) is 3. The molecule has 0 saturated carbocycles. The number of Topliss-reactive ketones (excluding diaryl/α,β-unsaturated/α-hetero) is 1. The van der Waals surface area contributed by atoms with Gasteiger partial charge in [0.1, 0.15) is 0 Å². The fourth-order valence-corrected chi connectivity index (χ4v) is 3.51. The second kappa shape index (κ2) is 5.72. The van der Waals surface area contributed by atoms with E-state index in [-0.39, 0.29) is 22.8 Å². The van der Waals surface area contributed by atoms with Crippen LogP contribution in [-0.2, 0) is 10.4 Å². The first-order valence-corrected chi connectivity index (χ1v) is 8.05. The first-order valence-electron chi connectivity index (χ1n) is 7.68. The first-order chi connectivity index (χ1) is 11.2. The number of fused-ring (bicyclic) bond motifs is 1. The van der Waals surface area contributed by atoms with Gasteiger partial charge in [-0.05, 0) is 38.0 Å². The molecule has 0 aromatic heterocycles. The zero-order chi connectivity index (χ0) is 17.6. The minimum atomic E-state index is -1.95. The molecule has 0 spiro atoms. The number of halogens is 1. The average molecular weight is 344 g/mol. The van der Waals surface area contributed by atoms with Gasteiger partial charge in [0, 0.05) is 16.1 Å². The van der Waals surface area contributed by atoms with E-state index in [4.69, 9.17) is 11.6 Å². The lowest BCUT2D eigenvalue weighted by Gasteiger charge is -2.21. The maximum absolute atomic E-state index is 12.7. The minimum Gasteiger partial charge on any atom is -0.375 e. The molecule has 0 saturated heterocycles. The highest BCUT2D eigenvalue weighted by atomic mass is 35.5. The third kappa shape index (κ3) is 2.52. The smallest absolute Gasteiger partial charge is 0.261 e. The molecule has 0 fully saturated rings. The largest absolute Gasteiger partial charge is 0.375 e. The zero-order valence-electron chi connectivity index (χ0n) is 13.7. The van der Waals surface area contributed by atoms with Gasteiger partial charge >= 0.3 is 0 Å². The average Bonchev–Trinajstić information content (AvgIpc) is 2.76. The number of hydrogen-bond donors (Lipinski definition) is 2. The molecule has 1 amide bonds. The zero-order valence-corrected chi connectivity index (χ0v) is 14.5. The van der Waals surface area contributed by atoms with E-state index in [9.17, 15) is 14.7 Å². The van der Waals surface area contributed by atoms with E-state index in [1.165, 1.54) is 0 Å². The SMILES string of the molecule is Cc1ccc(C(=O)C[C@]2(O)C(=O)Nc3c(C)ccc(Cl)c32)c(C)c1. The fourth-order valence-electron chi connectivity index (χ4n) is 3.20. The second-order valence-corrected chi connectivity index (χ2v) is 6.75. The van der Waals surface area contributed by atoms with Gasteiger partial charge in [0.05, 0.1) is 12.1 Å². The Balaban J connectivity index is 2.03. The molecule has 4 nitrogen and oxygen atoms in total. The van der Waals surface area contributed by atoms with Crippen LogP contribution in [0.2, 0.25) is 5.02 Å². The monoisotopic (exact) mass is 343 g/mol. The van der Waals surface area contributed by atoms with Crippen molar-refractivity contribution < 1.29 is 14.7 Å². The number of aliphatic hydroxyl groups is 1. The van der Waals surface area contributed by atoms with Crippen LogP contribution in [0.25, 0.3) is 0 Å². The molecule has 1 aliphatic rings. The van der Waals surface area contributed by atoms with Crippen molar-refractivity contribution in [3.8, 4) is 0 Å². The quantitative estimate of drug-likeness (QED) is 0.835. The fraction of sp³-hybridized carbons (Fsp3) is 0.263. The van der Waals surface area contributed by atoms with Crippen molar-refractivity contribution in [3.63, 3.8) is 0 Å². The molecule has 2 N–H and O–H groups in total. The maximum Gasteiger partial charge on any atom is 0.261 e. The van der Waals surface area contributed by atoms with Gasteiger partial charge in [0.25, 0.3) is 5.91 Å². The Hall–Kier alpha value is -2.17. The Morgan fingerprint density at radius 3 is 2.54 bits per heavy atom. The molecule has 2 aromatic rings. The van der Waals surface area contributed by atoms with Crippen molar-refractivity contribution in [1.82, 2.24) is 0 Å². The molecular weight excluding hydrogens is 326 g/mol. The lowest BCUT2D eigenvalue weighted by atomic mass is 9.86. The van der Waals surface area contributed by atoms with Crippen LogP contribution >= 0.6 is 11.6 Å². The van der Waals surface area contributed by atoms with Crippen LogP contribution in [0.15, 0.2) is 30.3 Å². The number of aryl methyl sites for hydroxylation is 3. The molecule has 0 unspecified atom stereocenters. The summed E-state index contributed by atoms with van der Waals surface area (Å²) in [5.74, 6) is -0.914. The molecule has 0 aliphatic carbocycles. The molecule has 24 heavy (non-hydrogen) atoms. The van der Waals surface area contributed by atoms with Gasteiger partial charge in [-0.15, -0.1) is 0 Å². The Labute approximate surface area is 145 Å². The molecule has 124 valence electrons. The van der Waals surface area contributed by atoms with Crippen LogP contribution in [-0.4, -0.2) is 16.8 Å². The van der Waals surface area contributed by atoms with Crippen molar-refractivity contribution in [2.24, 2.45) is 0 Å². The number of nitrogens with one attached hydrogen (secondary N) is 1. The number of carbonyl (C=O) groups is 2. The summed E-state index contributed by atoms with van der Waals surface area (Å²) in [6.07, 6.45) is -0.348. The molecule has 0 bridgehead atoms. The predicted octanol–water partition coefficient (Wildman–Crippen LogP) is 3.68. The standard InChI is InChI=1S/C19H18ClNO3/c1-10-4-6-13(12(3)8-10)15(22)9-19(24)16-14(20)7-5-11(2)17(16)21-18(19)23/h4-8,24H,9H2,1-3H3,(H,21,23)/t19-/m1/s1. The van der Waals surface area contributed by atoms with Crippen LogP contribution in [0.5, 0.6) is 0 Å². The summed E-state index contributed by atoms with van der Waals surface area (Å²) in [7, 11) is 0. The van der Waals surface area contributed by atoms with Crippen LogP contribution in [0, 0.1) is 20.8 Å². The van der Waals surface area contributed by atoms with Gasteiger partial charge in [-0.25, -0.2) is 0 Å². The number of rotatable bonds is 3. The molecule has 1 atom stereocenters. The molecule has 1 aliphatic heterocycles. The summed E-state index contributed by atoms with van der Waals surface area (Å²) >= 11 is 6.21. The van der Waals surface area contributed by atoms with Gasteiger partial charge in [0.15, 0.2) is 11.4 Å². The summed E-state index contributed by atoms with van der Waals surface area (Å²) < 4.78 is 0. The topological polar surface area (TPSA) is 66.4 Å². The maximum atomic E-state index is 12.7. The molecular formula is C19H18ClNO3. The van der Waals surface area contributed by atoms with E-state index in [2.05, 4.69) is 5.32 Å². The van der Waals surface area contributed by atoms with Crippen LogP contribution < -0.4 is 5.32 Å². The summed E-state index contributed by atoms with van der Waals surface area (Å²) in [4.78, 5) is 25.1. The lowest BCUT2D eigenvalue weighted by molar-refractivity contribution is -0.133. The summed E-state index contributed by atoms with van der Waals surface area (Å²) in [6.45, 7) is 5.59. The van der Waals surface area contributed by atoms with Gasteiger partial charge in [-0.3, -0.25) is 9.59 Å². The van der Waals surface area contributed by atoms with E-state index in [1.54, 1.807) is 18.2 Å². The first kappa shape index (κ1) is 16.7. The van der Waals surface area contributed by atoms with Crippen molar-refractivity contribution in [2.45, 2.75) is 32.8 Å². The van der Waals surface area contributed by atoms with Gasteiger partial charge < -0.3 is 10.4 Å². The lowest BCUT2D eigenvalue weighted by Crippen LogP contribution is -2.36. The van der Waals surface area contributed by atoms with Gasteiger partial charge in [-0.1, -0.05) is 41.4 Å². The van der Waals surface area contributed by atoms with Crippen molar-refractivity contribution >= 4 is 29.0 Å². The van der Waals surface area contributed by atoms with Crippen LogP contribution in [0.3, 0.4) is 0 Å². The third-order valence-corrected chi connectivity index (χ3v) is 4.80. The highest BCUT2D eigenvalue weighted by Crippen LogP contribution is 2.44. The molecule has 5 heteroatoms. The van der Waals surface area contributed by atoms with Gasteiger partial charge in [0.2, 0.25) is 0 Å². The van der Waals surface area contributed by atoms with E-state index >= 15 is 0 Å². The highest BCUT2D eigenvalue weighted by molar-refractivity contribution is 6.33. The second-order valence-electron chi connectivity index (χ2n) is 6.35. The molecule has 0 radical (unpaired) electrons. The number of ketones is 1. The van der Waals surface area contributed by atoms with Crippen LogP contribution in [0.1, 0.15) is 39.0 Å². The predicted molar refractivity (Wildman–Crippen MR) is 93.6 cm³/mol. The summed E-state index contributed by atoms with van der Waals surface area (Å²) in [5.41, 5.74) is 1.97. The number of anilines is 1. The third-order valence-electron chi connectivity index (χ3n) is 4.49. The summed E-state index contributed by atoms with van der Waals surface area (Å²) in [6, 6.07) is 8.85. The van der Waals surface area contributed by atoms with E-state index in [0.717, 1.165) is 16.7 Å². The number of carbonyl (C=O) groups excluding carboxylic acids is 2. The van der Waals surface area contributed by atoms with Gasteiger partial charge in [-0.2, -0.15) is 0 Å². The summed E-state index contributed by atoms with van der Waals surface area (Å²) in [5, 5.41) is 13.9. The highest BCUT2D eigenvalue weighted by Gasteiger charge is 2.48. The number of benzene rings is 2. The van der Waals surface area contributed by atoms with Crippen molar-refractivity contribution in [2.75, 3.05) is 5.32 Å². The molecule has 2 aromatic carbocycles. The molecule has 1 heterocycles. The number of amides is 1. The Bertz CT molecular complexity index is 875. The van der Waals surface area contributed by atoms with E-state index < -0.39 is 11.5 Å². The van der Waals surface area contributed by atoms with Crippen molar-refractivity contribution in [1.29, 1.82) is 0 Å². The van der Waals surface area contributed by atoms with E-state index in [1.807, 2.05) is 32.9 Å².